The lowest BCUT2D eigenvalue weighted by atomic mass is 9.92. The molecule has 4 unspecified atom stereocenters. The van der Waals surface area contributed by atoms with Crippen molar-refractivity contribution in [3.63, 3.8) is 0 Å². The third kappa shape index (κ3) is 5.44. The Morgan fingerprint density at radius 3 is 2.48 bits per heavy atom. The topological polar surface area (TPSA) is 116 Å². The van der Waals surface area contributed by atoms with E-state index in [0.717, 1.165) is 50.8 Å². The second-order valence-electron chi connectivity index (χ2n) is 10.8. The first kappa shape index (κ1) is 26.8. The zero-order valence-electron chi connectivity index (χ0n) is 22.2. The first-order valence-corrected chi connectivity index (χ1v) is 13.7. The van der Waals surface area contributed by atoms with Crippen molar-refractivity contribution in [1.29, 1.82) is 0 Å². The number of rotatable bonds is 7. The number of nitrogens with zero attached hydrogens (tertiary/aromatic N) is 6. The summed E-state index contributed by atoms with van der Waals surface area (Å²) >= 11 is 0. The highest BCUT2D eigenvalue weighted by atomic mass is 19.2. The highest BCUT2D eigenvalue weighted by Gasteiger charge is 2.35. The number of hydrogen-bond acceptors (Lipinski definition) is 10. The van der Waals surface area contributed by atoms with Crippen LogP contribution in [0.25, 0.3) is 0 Å². The Kier molecular flexibility index (Phi) is 7.49. The molecular weight excluding hydrogens is 527 g/mol. The van der Waals surface area contributed by atoms with E-state index in [4.69, 9.17) is 19.7 Å². The zero-order valence-corrected chi connectivity index (χ0v) is 22.2. The van der Waals surface area contributed by atoms with Crippen molar-refractivity contribution >= 4 is 12.0 Å². The molecule has 4 atom stereocenters. The van der Waals surface area contributed by atoms with Crippen LogP contribution in [-0.2, 0) is 4.74 Å². The minimum absolute atomic E-state index is 0.0496. The predicted molar refractivity (Wildman–Crippen MR) is 139 cm³/mol. The average molecular weight is 560 g/mol. The Morgan fingerprint density at radius 1 is 1.00 bits per heavy atom. The number of halogens is 3. The zero-order chi connectivity index (χ0) is 27.8. The Hall–Kier alpha value is -3.45. The van der Waals surface area contributed by atoms with E-state index in [-0.39, 0.29) is 24.1 Å². The van der Waals surface area contributed by atoms with Crippen LogP contribution in [0.2, 0.25) is 0 Å². The molecule has 13 heteroatoms. The number of hydrogen-bond donors (Lipinski definition) is 1. The number of nitrogens with two attached hydrogens (primary N) is 1. The second kappa shape index (κ2) is 11.2. The summed E-state index contributed by atoms with van der Waals surface area (Å²) in [4.78, 5) is 17.4. The summed E-state index contributed by atoms with van der Waals surface area (Å²) in [5, 5.41) is 4.15. The number of aromatic nitrogens is 4. The van der Waals surface area contributed by atoms with Crippen molar-refractivity contribution < 1.29 is 27.2 Å². The van der Waals surface area contributed by atoms with Gasteiger partial charge in [-0.1, -0.05) is 5.16 Å². The van der Waals surface area contributed by atoms with Gasteiger partial charge in [-0.05, 0) is 43.7 Å². The lowest BCUT2D eigenvalue weighted by molar-refractivity contribution is 0.131. The van der Waals surface area contributed by atoms with Crippen LogP contribution >= 0.6 is 0 Å². The molecule has 0 radical (unpaired) electrons. The molecular formula is C27H32F3N7O3. The van der Waals surface area contributed by atoms with Crippen molar-refractivity contribution in [2.24, 2.45) is 11.7 Å². The van der Waals surface area contributed by atoms with Gasteiger partial charge in [0.05, 0.1) is 25.1 Å². The fourth-order valence-electron chi connectivity index (χ4n) is 5.81. The first-order valence-electron chi connectivity index (χ1n) is 13.7. The summed E-state index contributed by atoms with van der Waals surface area (Å²) in [5.41, 5.74) is 6.28. The van der Waals surface area contributed by atoms with Crippen LogP contribution in [0.15, 0.2) is 29.0 Å². The molecule has 5 heterocycles. The van der Waals surface area contributed by atoms with Crippen LogP contribution in [0.4, 0.5) is 25.1 Å². The van der Waals surface area contributed by atoms with Crippen molar-refractivity contribution in [1.82, 2.24) is 20.1 Å². The Balaban J connectivity index is 1.01. The van der Waals surface area contributed by atoms with Crippen LogP contribution in [0.5, 0.6) is 5.75 Å². The van der Waals surface area contributed by atoms with Gasteiger partial charge in [0.15, 0.2) is 23.2 Å². The van der Waals surface area contributed by atoms with Crippen LogP contribution in [0.1, 0.15) is 49.4 Å². The molecule has 6 rings (SSSR count). The highest BCUT2D eigenvalue weighted by molar-refractivity contribution is 5.39. The molecule has 3 aliphatic rings. The van der Waals surface area contributed by atoms with Gasteiger partial charge in [-0.2, -0.15) is 4.98 Å². The minimum atomic E-state index is -1.22. The van der Waals surface area contributed by atoms with E-state index in [1.807, 2.05) is 11.8 Å². The molecule has 40 heavy (non-hydrogen) atoms. The molecule has 2 N–H and O–H groups in total. The Morgan fingerprint density at radius 2 is 1.75 bits per heavy atom. The molecule has 0 amide bonds. The maximum Gasteiger partial charge on any atom is 0.324 e. The van der Waals surface area contributed by atoms with E-state index in [1.54, 1.807) is 12.4 Å². The van der Waals surface area contributed by atoms with Gasteiger partial charge in [0.25, 0.3) is 0 Å². The quantitative estimate of drug-likeness (QED) is 0.432. The number of ether oxygens (including phenoxy) is 2. The van der Waals surface area contributed by atoms with Crippen LogP contribution in [-0.4, -0.2) is 71.6 Å². The van der Waals surface area contributed by atoms with Crippen LogP contribution < -0.4 is 20.3 Å². The Bertz CT molecular complexity index is 1310. The summed E-state index contributed by atoms with van der Waals surface area (Å²) < 4.78 is 58.5. The number of piperidine rings is 1. The molecule has 1 aromatic carbocycles. The van der Waals surface area contributed by atoms with Crippen LogP contribution in [0, 0.1) is 23.4 Å². The standard InChI is InChI=1S/C27H32F3N7O3/c1-15(16-2-5-36(6-3-16)27-34-25(35-40-27)17-4-7-38-14-17)39-18-10-32-26(33-11-18)37-12-20(24(31)13-37)19-8-22(29)23(30)9-21(19)28/h8-11,15-17,20,24H,2-7,12-14,31H2,1H3. The molecule has 0 spiro atoms. The molecule has 0 aliphatic carbocycles. The van der Waals surface area contributed by atoms with Crippen molar-refractivity contribution in [3.05, 3.63) is 53.4 Å². The monoisotopic (exact) mass is 559 g/mol. The van der Waals surface area contributed by atoms with Gasteiger partial charge in [0.1, 0.15) is 5.82 Å². The number of benzene rings is 1. The van der Waals surface area contributed by atoms with Crippen LogP contribution in [0.3, 0.4) is 0 Å². The summed E-state index contributed by atoms with van der Waals surface area (Å²) in [5.74, 6) is -1.42. The predicted octanol–water partition coefficient (Wildman–Crippen LogP) is 3.40. The molecule has 10 nitrogen and oxygen atoms in total. The summed E-state index contributed by atoms with van der Waals surface area (Å²) in [6.07, 6.45) is 5.92. The average Bonchev–Trinajstić information content (AvgIpc) is 3.73. The van der Waals surface area contributed by atoms with Crippen molar-refractivity contribution in [2.75, 3.05) is 49.2 Å². The largest absolute Gasteiger partial charge is 0.487 e. The van der Waals surface area contributed by atoms with Crippen molar-refractivity contribution in [3.8, 4) is 5.75 Å². The molecule has 3 aromatic rings. The van der Waals surface area contributed by atoms with Gasteiger partial charge in [-0.15, -0.1) is 0 Å². The minimum Gasteiger partial charge on any atom is -0.487 e. The first-order chi connectivity index (χ1) is 19.4. The SMILES string of the molecule is CC(Oc1cnc(N2CC(N)C(c3cc(F)c(F)cc3F)C2)nc1)C1CCN(c2nc(C3CCOC3)no2)CC1. The Labute approximate surface area is 229 Å². The van der Waals surface area contributed by atoms with Gasteiger partial charge >= 0.3 is 6.01 Å². The van der Waals surface area contributed by atoms with E-state index in [2.05, 4.69) is 25.0 Å². The van der Waals surface area contributed by atoms with E-state index in [9.17, 15) is 13.2 Å². The van der Waals surface area contributed by atoms with E-state index in [0.29, 0.717) is 42.8 Å². The number of anilines is 2. The van der Waals surface area contributed by atoms with Gasteiger partial charge in [-0.3, -0.25) is 0 Å². The van der Waals surface area contributed by atoms with E-state index < -0.39 is 29.4 Å². The molecule has 3 fully saturated rings. The summed E-state index contributed by atoms with van der Waals surface area (Å²) in [6.45, 7) is 5.66. The van der Waals surface area contributed by atoms with Crippen molar-refractivity contribution in [2.45, 2.75) is 50.2 Å². The summed E-state index contributed by atoms with van der Waals surface area (Å²) in [7, 11) is 0. The van der Waals surface area contributed by atoms with Gasteiger partial charge in [-0.25, -0.2) is 23.1 Å². The second-order valence-corrected chi connectivity index (χ2v) is 10.8. The van der Waals surface area contributed by atoms with Gasteiger partial charge in [0.2, 0.25) is 5.95 Å². The molecule has 3 saturated heterocycles. The fourth-order valence-corrected chi connectivity index (χ4v) is 5.81. The lowest BCUT2D eigenvalue weighted by Crippen LogP contribution is -2.38. The highest BCUT2D eigenvalue weighted by Crippen LogP contribution is 2.32. The molecule has 214 valence electrons. The molecule has 0 bridgehead atoms. The third-order valence-corrected chi connectivity index (χ3v) is 8.22. The van der Waals surface area contributed by atoms with E-state index >= 15 is 0 Å². The molecule has 0 saturated carbocycles. The maximum atomic E-state index is 14.3. The van der Waals surface area contributed by atoms with Gasteiger partial charge < -0.3 is 29.5 Å². The molecule has 2 aromatic heterocycles. The maximum absolute atomic E-state index is 14.3. The molecule has 3 aliphatic heterocycles. The summed E-state index contributed by atoms with van der Waals surface area (Å²) in [6, 6.07) is 1.52. The smallest absolute Gasteiger partial charge is 0.324 e. The fraction of sp³-hybridized carbons (Fsp3) is 0.556. The lowest BCUT2D eigenvalue weighted by Gasteiger charge is -2.33. The van der Waals surface area contributed by atoms with E-state index in [1.165, 1.54) is 0 Å². The normalized spacial score (nSPS) is 24.6. The van der Waals surface area contributed by atoms with Gasteiger partial charge in [0, 0.05) is 56.7 Å². The third-order valence-electron chi connectivity index (χ3n) is 8.22.